The van der Waals surface area contributed by atoms with E-state index in [1.165, 1.54) is 0 Å². The van der Waals surface area contributed by atoms with Gasteiger partial charge in [-0.2, -0.15) is 0 Å². The van der Waals surface area contributed by atoms with Crippen LogP contribution in [-0.2, 0) is 0 Å². The summed E-state index contributed by atoms with van der Waals surface area (Å²) in [6.45, 7) is 0. The van der Waals surface area contributed by atoms with Crippen molar-refractivity contribution < 1.29 is 0 Å². The number of nitrogens with zero attached hydrogens (tertiary/aromatic N) is 1. The maximum Gasteiger partial charge on any atom is 0.127 e. The molecule has 0 spiro atoms. The standard InChI is InChI=1S/C9H10BrClN2/c1-13(2)9(12)6-3-4-8(11)7(10)5-6/h3-5,12H,1-2H3. The summed E-state index contributed by atoms with van der Waals surface area (Å²) >= 11 is 9.15. The quantitative estimate of drug-likeness (QED) is 0.611. The van der Waals surface area contributed by atoms with Crippen LogP contribution in [0.1, 0.15) is 5.56 Å². The third-order valence-electron chi connectivity index (χ3n) is 1.64. The molecule has 0 fully saturated rings. The number of hydrogen-bond acceptors (Lipinski definition) is 1. The first-order chi connectivity index (χ1) is 6.02. The average molecular weight is 262 g/mol. The first kappa shape index (κ1) is 10.5. The van der Waals surface area contributed by atoms with Crippen molar-refractivity contribution in [2.45, 2.75) is 0 Å². The van der Waals surface area contributed by atoms with Gasteiger partial charge in [-0.15, -0.1) is 0 Å². The smallest absolute Gasteiger partial charge is 0.127 e. The second kappa shape index (κ2) is 4.11. The molecule has 0 aromatic heterocycles. The van der Waals surface area contributed by atoms with Gasteiger partial charge in [0.05, 0.1) is 5.02 Å². The molecule has 70 valence electrons. The van der Waals surface area contributed by atoms with Gasteiger partial charge in [0.15, 0.2) is 0 Å². The molecule has 0 aliphatic rings. The number of benzene rings is 1. The van der Waals surface area contributed by atoms with Crippen molar-refractivity contribution in [3.05, 3.63) is 33.3 Å². The zero-order chi connectivity index (χ0) is 10.0. The van der Waals surface area contributed by atoms with E-state index in [1.807, 2.05) is 26.2 Å². The Morgan fingerprint density at radius 1 is 1.46 bits per heavy atom. The van der Waals surface area contributed by atoms with Gasteiger partial charge < -0.3 is 4.90 Å². The van der Waals surface area contributed by atoms with Crippen molar-refractivity contribution in [2.24, 2.45) is 0 Å². The predicted molar refractivity (Wildman–Crippen MR) is 59.7 cm³/mol. The van der Waals surface area contributed by atoms with Crippen LogP contribution < -0.4 is 0 Å². The van der Waals surface area contributed by atoms with Gasteiger partial charge in [0.1, 0.15) is 5.84 Å². The van der Waals surface area contributed by atoms with Crippen LogP contribution in [0.25, 0.3) is 0 Å². The largest absolute Gasteiger partial charge is 0.363 e. The van der Waals surface area contributed by atoms with Crippen molar-refractivity contribution in [3.63, 3.8) is 0 Å². The van der Waals surface area contributed by atoms with Gasteiger partial charge in [0, 0.05) is 24.1 Å². The molecule has 1 rings (SSSR count). The number of hydrogen-bond donors (Lipinski definition) is 1. The normalized spacial score (nSPS) is 9.85. The summed E-state index contributed by atoms with van der Waals surface area (Å²) in [5.41, 5.74) is 0.848. The highest BCUT2D eigenvalue weighted by Crippen LogP contribution is 2.23. The molecule has 1 aromatic rings. The number of amidine groups is 1. The van der Waals surface area contributed by atoms with Crippen molar-refractivity contribution in [1.29, 1.82) is 5.41 Å². The summed E-state index contributed by atoms with van der Waals surface area (Å²) in [5, 5.41) is 8.38. The first-order valence-corrected chi connectivity index (χ1v) is 4.90. The van der Waals surface area contributed by atoms with Crippen molar-refractivity contribution in [2.75, 3.05) is 14.1 Å². The summed E-state index contributed by atoms with van der Waals surface area (Å²) in [7, 11) is 3.68. The minimum absolute atomic E-state index is 0.470. The Labute approximate surface area is 91.1 Å². The van der Waals surface area contributed by atoms with E-state index < -0.39 is 0 Å². The van der Waals surface area contributed by atoms with Gasteiger partial charge in [-0.05, 0) is 34.1 Å². The molecular formula is C9H10BrClN2. The van der Waals surface area contributed by atoms with E-state index in [4.69, 9.17) is 17.0 Å². The molecule has 4 heteroatoms. The fraction of sp³-hybridized carbons (Fsp3) is 0.222. The SMILES string of the molecule is CN(C)C(=N)c1ccc(Cl)c(Br)c1. The van der Waals surface area contributed by atoms with Crippen LogP contribution in [0, 0.1) is 5.41 Å². The lowest BCUT2D eigenvalue weighted by Crippen LogP contribution is -2.21. The Morgan fingerprint density at radius 2 is 2.08 bits per heavy atom. The Hall–Kier alpha value is -0.540. The van der Waals surface area contributed by atoms with Gasteiger partial charge in [-0.3, -0.25) is 5.41 Å². The molecule has 0 radical (unpaired) electrons. The van der Waals surface area contributed by atoms with E-state index in [-0.39, 0.29) is 0 Å². The van der Waals surface area contributed by atoms with E-state index in [9.17, 15) is 0 Å². The van der Waals surface area contributed by atoms with E-state index in [0.29, 0.717) is 10.9 Å². The Balaban J connectivity index is 3.04. The fourth-order valence-electron chi connectivity index (χ4n) is 0.902. The van der Waals surface area contributed by atoms with E-state index in [0.717, 1.165) is 10.0 Å². The molecule has 0 saturated heterocycles. The summed E-state index contributed by atoms with van der Waals surface area (Å²) < 4.78 is 0.818. The van der Waals surface area contributed by atoms with Crippen molar-refractivity contribution in [1.82, 2.24) is 4.90 Å². The van der Waals surface area contributed by atoms with Gasteiger partial charge in [-0.1, -0.05) is 11.6 Å². The summed E-state index contributed by atoms with van der Waals surface area (Å²) in [4.78, 5) is 1.75. The number of halogens is 2. The molecule has 2 nitrogen and oxygen atoms in total. The molecule has 0 aliphatic carbocycles. The zero-order valence-corrected chi connectivity index (χ0v) is 9.78. The molecule has 0 unspecified atom stereocenters. The minimum Gasteiger partial charge on any atom is -0.363 e. The van der Waals surface area contributed by atoms with Crippen molar-refractivity contribution >= 4 is 33.4 Å². The topological polar surface area (TPSA) is 27.1 Å². The highest BCUT2D eigenvalue weighted by molar-refractivity contribution is 9.10. The monoisotopic (exact) mass is 260 g/mol. The molecular weight excluding hydrogens is 251 g/mol. The van der Waals surface area contributed by atoms with Crippen LogP contribution in [0.5, 0.6) is 0 Å². The zero-order valence-electron chi connectivity index (χ0n) is 7.44. The Morgan fingerprint density at radius 3 is 2.54 bits per heavy atom. The Bertz CT molecular complexity index is 336. The fourth-order valence-corrected chi connectivity index (χ4v) is 1.40. The molecule has 0 amide bonds. The van der Waals surface area contributed by atoms with Gasteiger partial charge in [0.2, 0.25) is 0 Å². The maximum absolute atomic E-state index is 7.71. The average Bonchev–Trinajstić information content (AvgIpc) is 2.08. The third kappa shape index (κ3) is 2.45. The van der Waals surface area contributed by atoms with Crippen LogP contribution >= 0.6 is 27.5 Å². The number of rotatable bonds is 1. The number of nitrogens with one attached hydrogen (secondary N) is 1. The predicted octanol–water partition coefficient (Wildman–Crippen LogP) is 2.99. The van der Waals surface area contributed by atoms with E-state index in [1.54, 1.807) is 11.0 Å². The molecule has 0 bridgehead atoms. The lowest BCUT2D eigenvalue weighted by molar-refractivity contribution is 0.619. The lowest BCUT2D eigenvalue weighted by Gasteiger charge is -2.13. The minimum atomic E-state index is 0.470. The highest BCUT2D eigenvalue weighted by Gasteiger charge is 2.05. The lowest BCUT2D eigenvalue weighted by atomic mass is 10.2. The van der Waals surface area contributed by atoms with Crippen LogP contribution in [0.2, 0.25) is 5.02 Å². The maximum atomic E-state index is 7.71. The summed E-state index contributed by atoms with van der Waals surface area (Å²) in [6, 6.07) is 5.44. The molecule has 0 aliphatic heterocycles. The molecule has 1 N–H and O–H groups in total. The third-order valence-corrected chi connectivity index (χ3v) is 2.85. The van der Waals surface area contributed by atoms with Crippen LogP contribution in [0.3, 0.4) is 0 Å². The second-order valence-corrected chi connectivity index (χ2v) is 4.13. The summed E-state index contributed by atoms with van der Waals surface area (Å²) in [5.74, 6) is 0.470. The van der Waals surface area contributed by atoms with Crippen molar-refractivity contribution in [3.8, 4) is 0 Å². The molecule has 1 aromatic carbocycles. The second-order valence-electron chi connectivity index (χ2n) is 2.87. The molecule has 0 saturated carbocycles. The van der Waals surface area contributed by atoms with E-state index >= 15 is 0 Å². The highest BCUT2D eigenvalue weighted by atomic mass is 79.9. The molecule has 0 heterocycles. The van der Waals surface area contributed by atoms with Gasteiger partial charge in [0.25, 0.3) is 0 Å². The van der Waals surface area contributed by atoms with Crippen LogP contribution in [-0.4, -0.2) is 24.8 Å². The Kier molecular flexibility index (Phi) is 3.33. The van der Waals surface area contributed by atoms with Crippen LogP contribution in [0.15, 0.2) is 22.7 Å². The molecule has 13 heavy (non-hydrogen) atoms. The van der Waals surface area contributed by atoms with Gasteiger partial charge >= 0.3 is 0 Å². The summed E-state index contributed by atoms with van der Waals surface area (Å²) in [6.07, 6.45) is 0. The van der Waals surface area contributed by atoms with Gasteiger partial charge in [-0.25, -0.2) is 0 Å². The van der Waals surface area contributed by atoms with E-state index in [2.05, 4.69) is 15.9 Å². The first-order valence-electron chi connectivity index (χ1n) is 3.73. The van der Waals surface area contributed by atoms with Crippen LogP contribution in [0.4, 0.5) is 0 Å². The molecule has 0 atom stereocenters.